The molecule has 0 saturated heterocycles. The molecule has 0 aromatic carbocycles. The number of allylic oxidation sites excluding steroid dienone is 1. The van der Waals surface area contributed by atoms with E-state index in [1.165, 1.54) is 18.6 Å². The second-order valence-corrected chi connectivity index (χ2v) is 7.02. The highest BCUT2D eigenvalue weighted by molar-refractivity contribution is 5.97. The summed E-state index contributed by atoms with van der Waals surface area (Å²) in [5, 5.41) is 11.4. The predicted molar refractivity (Wildman–Crippen MR) is 104 cm³/mol. The van der Waals surface area contributed by atoms with Gasteiger partial charge in [0.15, 0.2) is 5.78 Å². The van der Waals surface area contributed by atoms with Crippen molar-refractivity contribution in [1.82, 2.24) is 5.32 Å². The Morgan fingerprint density at radius 3 is 1.79 bits per heavy atom. The van der Waals surface area contributed by atoms with E-state index in [-0.39, 0.29) is 18.3 Å². The SMILES string of the molecule is CC.CC(C)CC(C)C.CCC(=O)/C=C\C(=O)NC(C)(C)CCO. The number of carbonyl (C=O) groups is 2. The van der Waals surface area contributed by atoms with Crippen LogP contribution in [0.2, 0.25) is 0 Å². The normalized spacial score (nSPS) is 10.8. The lowest BCUT2D eigenvalue weighted by atomic mass is 10.0. The minimum atomic E-state index is -0.453. The number of amides is 1. The summed E-state index contributed by atoms with van der Waals surface area (Å²) in [6.45, 7) is 18.4. The molecule has 0 aliphatic rings. The summed E-state index contributed by atoms with van der Waals surface area (Å²) in [5.41, 5.74) is -0.453. The molecule has 0 bridgehead atoms. The maximum absolute atomic E-state index is 11.3. The number of hydrogen-bond acceptors (Lipinski definition) is 3. The Labute approximate surface area is 150 Å². The largest absolute Gasteiger partial charge is 0.396 e. The van der Waals surface area contributed by atoms with Crippen LogP contribution in [0.1, 0.15) is 81.6 Å². The highest BCUT2D eigenvalue weighted by Crippen LogP contribution is 2.08. The monoisotopic (exact) mass is 343 g/mol. The second-order valence-electron chi connectivity index (χ2n) is 7.02. The van der Waals surface area contributed by atoms with Gasteiger partial charge in [-0.3, -0.25) is 9.59 Å². The lowest BCUT2D eigenvalue weighted by Crippen LogP contribution is -2.43. The van der Waals surface area contributed by atoms with Crippen LogP contribution in [0.15, 0.2) is 12.2 Å². The number of ketones is 1. The van der Waals surface area contributed by atoms with Gasteiger partial charge in [0, 0.05) is 24.6 Å². The molecule has 144 valence electrons. The standard InChI is InChI=1S/C11H19NO3.C7H16.C2H6/c1-4-9(14)5-6-10(15)12-11(2,3)7-8-13;1-6(2)5-7(3)4;1-2/h5-6,13H,4,7-8H2,1-3H3,(H,12,15);6-7H,5H2,1-4H3;1-2H3/b6-5-;;. The average molecular weight is 344 g/mol. The topological polar surface area (TPSA) is 66.4 Å². The Balaban J connectivity index is -0.000000410. The summed E-state index contributed by atoms with van der Waals surface area (Å²) in [4.78, 5) is 22.2. The number of carbonyl (C=O) groups excluding carboxylic acids is 2. The van der Waals surface area contributed by atoms with Crippen LogP contribution in [-0.4, -0.2) is 28.9 Å². The maximum atomic E-state index is 11.3. The van der Waals surface area contributed by atoms with Crippen molar-refractivity contribution in [2.45, 2.75) is 87.1 Å². The summed E-state index contributed by atoms with van der Waals surface area (Å²) in [5.74, 6) is 1.36. The van der Waals surface area contributed by atoms with Crippen LogP contribution < -0.4 is 5.32 Å². The molecular formula is C20H41NO3. The smallest absolute Gasteiger partial charge is 0.244 e. The molecule has 0 unspecified atom stereocenters. The van der Waals surface area contributed by atoms with E-state index in [0.29, 0.717) is 12.8 Å². The summed E-state index contributed by atoms with van der Waals surface area (Å²) >= 11 is 0. The predicted octanol–water partition coefficient (Wildman–Crippen LogP) is 4.51. The molecule has 24 heavy (non-hydrogen) atoms. The van der Waals surface area contributed by atoms with Crippen LogP contribution >= 0.6 is 0 Å². The van der Waals surface area contributed by atoms with Gasteiger partial charge in [-0.15, -0.1) is 0 Å². The molecule has 0 saturated carbocycles. The first-order valence-electron chi connectivity index (χ1n) is 9.18. The zero-order chi connectivity index (χ0) is 19.8. The van der Waals surface area contributed by atoms with Crippen LogP contribution in [0.3, 0.4) is 0 Å². The highest BCUT2D eigenvalue weighted by Gasteiger charge is 2.18. The van der Waals surface area contributed by atoms with Crippen molar-refractivity contribution in [3.8, 4) is 0 Å². The molecule has 0 aromatic heterocycles. The van der Waals surface area contributed by atoms with Crippen molar-refractivity contribution in [1.29, 1.82) is 0 Å². The van der Waals surface area contributed by atoms with Crippen LogP contribution in [0.5, 0.6) is 0 Å². The van der Waals surface area contributed by atoms with E-state index in [1.807, 2.05) is 27.7 Å². The summed E-state index contributed by atoms with van der Waals surface area (Å²) in [6, 6.07) is 0. The van der Waals surface area contributed by atoms with E-state index in [4.69, 9.17) is 5.11 Å². The molecule has 0 aliphatic carbocycles. The van der Waals surface area contributed by atoms with Crippen LogP contribution in [0.25, 0.3) is 0 Å². The Bertz CT molecular complexity index is 339. The average Bonchev–Trinajstić information content (AvgIpc) is 2.45. The Kier molecular flexibility index (Phi) is 19.2. The first-order chi connectivity index (χ1) is 11.0. The number of nitrogens with one attached hydrogen (secondary N) is 1. The molecular weight excluding hydrogens is 302 g/mol. The summed E-state index contributed by atoms with van der Waals surface area (Å²) in [6.07, 6.45) is 4.73. The second kappa shape index (κ2) is 16.7. The van der Waals surface area contributed by atoms with Gasteiger partial charge in [0.25, 0.3) is 0 Å². The molecule has 0 atom stereocenters. The summed E-state index contributed by atoms with van der Waals surface area (Å²) < 4.78 is 0. The molecule has 0 fully saturated rings. The van der Waals surface area contributed by atoms with Crippen LogP contribution in [-0.2, 0) is 9.59 Å². The number of rotatable bonds is 8. The van der Waals surface area contributed by atoms with Gasteiger partial charge in [0.2, 0.25) is 5.91 Å². The zero-order valence-corrected chi connectivity index (χ0v) is 17.4. The fourth-order valence-electron chi connectivity index (χ4n) is 1.95. The van der Waals surface area contributed by atoms with E-state index in [9.17, 15) is 9.59 Å². The molecule has 0 heterocycles. The lowest BCUT2D eigenvalue weighted by molar-refractivity contribution is -0.119. The fourth-order valence-corrected chi connectivity index (χ4v) is 1.95. The van der Waals surface area contributed by atoms with Gasteiger partial charge in [-0.05, 0) is 44.6 Å². The van der Waals surface area contributed by atoms with Gasteiger partial charge in [0.1, 0.15) is 0 Å². The highest BCUT2D eigenvalue weighted by atomic mass is 16.3. The zero-order valence-electron chi connectivity index (χ0n) is 17.4. The van der Waals surface area contributed by atoms with Gasteiger partial charge in [-0.25, -0.2) is 0 Å². The number of hydrogen-bond donors (Lipinski definition) is 2. The quantitative estimate of drug-likeness (QED) is 0.637. The van der Waals surface area contributed by atoms with Crippen molar-refractivity contribution >= 4 is 11.7 Å². The Morgan fingerprint density at radius 1 is 1.04 bits per heavy atom. The summed E-state index contributed by atoms with van der Waals surface area (Å²) in [7, 11) is 0. The Morgan fingerprint density at radius 2 is 1.50 bits per heavy atom. The van der Waals surface area contributed by atoms with Crippen molar-refractivity contribution in [2.75, 3.05) is 6.61 Å². The fraction of sp³-hybridized carbons (Fsp3) is 0.800. The van der Waals surface area contributed by atoms with E-state index in [1.54, 1.807) is 6.92 Å². The molecule has 1 amide bonds. The van der Waals surface area contributed by atoms with E-state index in [0.717, 1.165) is 11.8 Å². The third kappa shape index (κ3) is 23.1. The third-order valence-electron chi connectivity index (χ3n) is 2.91. The van der Waals surface area contributed by atoms with Crippen molar-refractivity contribution < 1.29 is 14.7 Å². The lowest BCUT2D eigenvalue weighted by Gasteiger charge is -2.24. The molecule has 0 aromatic rings. The first-order valence-corrected chi connectivity index (χ1v) is 9.18. The molecule has 0 radical (unpaired) electrons. The van der Waals surface area contributed by atoms with Crippen LogP contribution in [0.4, 0.5) is 0 Å². The van der Waals surface area contributed by atoms with Gasteiger partial charge in [0.05, 0.1) is 0 Å². The molecule has 0 rings (SSSR count). The minimum Gasteiger partial charge on any atom is -0.396 e. The minimum absolute atomic E-state index is 0.0187. The number of aliphatic hydroxyl groups excluding tert-OH is 1. The molecule has 2 N–H and O–H groups in total. The van der Waals surface area contributed by atoms with Crippen molar-refractivity contribution in [2.24, 2.45) is 11.8 Å². The number of aliphatic hydroxyl groups is 1. The molecule has 0 aliphatic heterocycles. The first kappa shape index (κ1) is 27.7. The van der Waals surface area contributed by atoms with Crippen LogP contribution in [0, 0.1) is 11.8 Å². The van der Waals surface area contributed by atoms with Crippen molar-refractivity contribution in [3.05, 3.63) is 12.2 Å². The van der Waals surface area contributed by atoms with Gasteiger partial charge in [-0.2, -0.15) is 0 Å². The van der Waals surface area contributed by atoms with E-state index >= 15 is 0 Å². The maximum Gasteiger partial charge on any atom is 0.244 e. The van der Waals surface area contributed by atoms with E-state index in [2.05, 4.69) is 33.0 Å². The molecule has 0 spiro atoms. The molecule has 4 nitrogen and oxygen atoms in total. The third-order valence-corrected chi connectivity index (χ3v) is 2.91. The van der Waals surface area contributed by atoms with Crippen molar-refractivity contribution in [3.63, 3.8) is 0 Å². The van der Waals surface area contributed by atoms with Gasteiger partial charge in [-0.1, -0.05) is 48.5 Å². The van der Waals surface area contributed by atoms with E-state index < -0.39 is 5.54 Å². The van der Waals surface area contributed by atoms with Gasteiger partial charge >= 0.3 is 0 Å². The Hall–Kier alpha value is -1.16. The molecule has 4 heteroatoms. The van der Waals surface area contributed by atoms with Gasteiger partial charge < -0.3 is 10.4 Å².